The van der Waals surface area contributed by atoms with Crippen LogP contribution in [0.15, 0.2) is 48.5 Å². The van der Waals surface area contributed by atoms with Crippen molar-refractivity contribution in [3.8, 4) is 11.5 Å². The van der Waals surface area contributed by atoms with Gasteiger partial charge in [0.1, 0.15) is 11.5 Å². The number of rotatable bonds is 8. The molecule has 1 saturated heterocycles. The lowest BCUT2D eigenvalue weighted by atomic mass is 10.0. The van der Waals surface area contributed by atoms with E-state index in [-0.39, 0.29) is 18.6 Å². The number of carbonyl (C=O) groups is 1. The highest BCUT2D eigenvalue weighted by atomic mass is 35.5. The van der Waals surface area contributed by atoms with E-state index < -0.39 is 0 Å². The van der Waals surface area contributed by atoms with Gasteiger partial charge in [-0.25, -0.2) is 0 Å². The van der Waals surface area contributed by atoms with E-state index in [1.165, 1.54) is 24.8 Å². The van der Waals surface area contributed by atoms with E-state index in [1.54, 1.807) is 31.4 Å². The first-order valence-electron chi connectivity index (χ1n) is 9.69. The van der Waals surface area contributed by atoms with Crippen LogP contribution in [0.25, 0.3) is 0 Å². The molecule has 2 aromatic rings. The molecule has 1 fully saturated rings. The second-order valence-electron chi connectivity index (χ2n) is 6.93. The van der Waals surface area contributed by atoms with E-state index in [1.807, 2.05) is 12.1 Å². The average molecular weight is 403 g/mol. The number of carbonyl (C=O) groups excluding carboxylic acids is 1. The van der Waals surface area contributed by atoms with E-state index in [2.05, 4.69) is 22.3 Å². The predicted molar refractivity (Wildman–Crippen MR) is 111 cm³/mol. The summed E-state index contributed by atoms with van der Waals surface area (Å²) in [6.07, 6.45) is 3.66. The van der Waals surface area contributed by atoms with Gasteiger partial charge in [-0.2, -0.15) is 0 Å². The van der Waals surface area contributed by atoms with Crippen LogP contribution in [0.3, 0.4) is 0 Å². The van der Waals surface area contributed by atoms with E-state index in [9.17, 15) is 4.79 Å². The average Bonchev–Trinajstić information content (AvgIpc) is 2.74. The van der Waals surface area contributed by atoms with Gasteiger partial charge in [0.25, 0.3) is 5.91 Å². The molecule has 150 valence electrons. The molecule has 6 heteroatoms. The molecule has 1 aliphatic heterocycles. The highest BCUT2D eigenvalue weighted by Gasteiger charge is 2.23. The van der Waals surface area contributed by atoms with Crippen molar-refractivity contribution in [2.24, 2.45) is 0 Å². The van der Waals surface area contributed by atoms with Gasteiger partial charge in [0.15, 0.2) is 6.61 Å². The third-order valence-corrected chi connectivity index (χ3v) is 5.26. The highest BCUT2D eigenvalue weighted by molar-refractivity contribution is 6.30. The summed E-state index contributed by atoms with van der Waals surface area (Å²) in [5, 5.41) is 3.67. The molecular weight excluding hydrogens is 376 g/mol. The molecule has 0 saturated carbocycles. The third kappa shape index (κ3) is 5.88. The van der Waals surface area contributed by atoms with Gasteiger partial charge in [-0.1, -0.05) is 30.2 Å². The Balaban J connectivity index is 1.58. The summed E-state index contributed by atoms with van der Waals surface area (Å²) in [4.78, 5) is 14.8. The van der Waals surface area contributed by atoms with Crippen molar-refractivity contribution in [1.29, 1.82) is 0 Å². The Bertz CT molecular complexity index is 743. The lowest BCUT2D eigenvalue weighted by Crippen LogP contribution is -2.41. The number of benzene rings is 2. The number of likely N-dealkylation sites (tertiary alicyclic amines) is 1. The smallest absolute Gasteiger partial charge is 0.258 e. The first kappa shape index (κ1) is 20.5. The third-order valence-electron chi connectivity index (χ3n) is 5.01. The van der Waals surface area contributed by atoms with Crippen LogP contribution in [0.1, 0.15) is 30.9 Å². The number of nitrogens with zero attached hydrogens (tertiary/aromatic N) is 1. The van der Waals surface area contributed by atoms with Crippen LogP contribution in [-0.2, 0) is 4.79 Å². The number of methoxy groups -OCH3 is 1. The van der Waals surface area contributed by atoms with Crippen molar-refractivity contribution in [3.05, 3.63) is 59.1 Å². The molecule has 0 bridgehead atoms. The summed E-state index contributed by atoms with van der Waals surface area (Å²) in [6.45, 7) is 2.63. The monoisotopic (exact) mass is 402 g/mol. The first-order valence-corrected chi connectivity index (χ1v) is 10.1. The second kappa shape index (κ2) is 10.3. The van der Waals surface area contributed by atoms with Gasteiger partial charge in [-0.05, 0) is 67.9 Å². The number of nitrogens with one attached hydrogen (secondary N) is 1. The number of piperidine rings is 1. The second-order valence-corrected chi connectivity index (χ2v) is 7.37. The topological polar surface area (TPSA) is 50.8 Å². The molecule has 0 spiro atoms. The van der Waals surface area contributed by atoms with Crippen LogP contribution in [0.5, 0.6) is 11.5 Å². The van der Waals surface area contributed by atoms with Crippen LogP contribution in [-0.4, -0.2) is 44.2 Å². The Hall–Kier alpha value is -2.24. The zero-order valence-corrected chi connectivity index (χ0v) is 17.0. The summed E-state index contributed by atoms with van der Waals surface area (Å²) in [6, 6.07) is 15.2. The molecule has 1 heterocycles. The summed E-state index contributed by atoms with van der Waals surface area (Å²) < 4.78 is 10.8. The maximum Gasteiger partial charge on any atom is 0.258 e. The number of hydrogen-bond acceptors (Lipinski definition) is 4. The molecule has 5 nitrogen and oxygen atoms in total. The number of hydrogen-bond donors (Lipinski definition) is 1. The van der Waals surface area contributed by atoms with Crippen LogP contribution in [0, 0.1) is 0 Å². The summed E-state index contributed by atoms with van der Waals surface area (Å²) in [5.41, 5.74) is 1.18. The molecule has 28 heavy (non-hydrogen) atoms. The zero-order valence-electron chi connectivity index (χ0n) is 16.2. The zero-order chi connectivity index (χ0) is 19.8. The minimum atomic E-state index is -0.134. The minimum Gasteiger partial charge on any atom is -0.497 e. The first-order chi connectivity index (χ1) is 13.7. The Labute approximate surface area is 171 Å². The number of ether oxygens (including phenoxy) is 2. The number of amides is 1. The van der Waals surface area contributed by atoms with Crippen molar-refractivity contribution < 1.29 is 14.3 Å². The minimum absolute atomic E-state index is 0.0169. The van der Waals surface area contributed by atoms with Gasteiger partial charge < -0.3 is 14.8 Å². The van der Waals surface area contributed by atoms with Crippen molar-refractivity contribution in [1.82, 2.24) is 10.2 Å². The Morgan fingerprint density at radius 3 is 2.32 bits per heavy atom. The summed E-state index contributed by atoms with van der Waals surface area (Å²) in [7, 11) is 1.66. The van der Waals surface area contributed by atoms with Crippen molar-refractivity contribution in [3.63, 3.8) is 0 Å². The molecule has 1 N–H and O–H groups in total. The summed E-state index contributed by atoms with van der Waals surface area (Å²) >= 11 is 5.86. The molecule has 1 amide bonds. The molecule has 0 aromatic heterocycles. The Kier molecular flexibility index (Phi) is 7.57. The lowest BCUT2D eigenvalue weighted by Gasteiger charge is -2.35. The van der Waals surface area contributed by atoms with Crippen molar-refractivity contribution >= 4 is 17.5 Å². The molecule has 0 unspecified atom stereocenters. The van der Waals surface area contributed by atoms with Crippen molar-refractivity contribution in [2.45, 2.75) is 25.3 Å². The standard InChI is InChI=1S/C22H27ClN2O3/c1-27-19-9-5-17(6-10-19)21(25-13-3-2-4-14-25)15-24-22(26)16-28-20-11-7-18(23)8-12-20/h5-12,21H,2-4,13-16H2,1H3,(H,24,26)/t21-/m1/s1. The number of halogens is 1. The molecular formula is C22H27ClN2O3. The van der Waals surface area contributed by atoms with Crippen LogP contribution in [0.2, 0.25) is 5.02 Å². The van der Waals surface area contributed by atoms with Crippen LogP contribution >= 0.6 is 11.6 Å². The van der Waals surface area contributed by atoms with E-state index >= 15 is 0 Å². The fourth-order valence-electron chi connectivity index (χ4n) is 3.46. The van der Waals surface area contributed by atoms with Crippen LogP contribution < -0.4 is 14.8 Å². The molecule has 0 radical (unpaired) electrons. The molecule has 2 aromatic carbocycles. The lowest BCUT2D eigenvalue weighted by molar-refractivity contribution is -0.123. The predicted octanol–water partition coefficient (Wildman–Crippen LogP) is 4.07. The van der Waals surface area contributed by atoms with E-state index in [0.717, 1.165) is 18.8 Å². The SMILES string of the molecule is COc1ccc([C@@H](CNC(=O)COc2ccc(Cl)cc2)N2CCCCC2)cc1. The largest absolute Gasteiger partial charge is 0.497 e. The quantitative estimate of drug-likeness (QED) is 0.723. The summed E-state index contributed by atoms with van der Waals surface area (Å²) in [5.74, 6) is 1.33. The fourth-order valence-corrected chi connectivity index (χ4v) is 3.58. The molecule has 1 atom stereocenters. The van der Waals surface area contributed by atoms with E-state index in [0.29, 0.717) is 17.3 Å². The van der Waals surface area contributed by atoms with Crippen molar-refractivity contribution in [2.75, 3.05) is 33.4 Å². The van der Waals surface area contributed by atoms with Gasteiger partial charge in [0.2, 0.25) is 0 Å². The van der Waals surface area contributed by atoms with Gasteiger partial charge in [0.05, 0.1) is 13.2 Å². The van der Waals surface area contributed by atoms with E-state index in [4.69, 9.17) is 21.1 Å². The normalized spacial score (nSPS) is 15.6. The molecule has 0 aliphatic carbocycles. The maximum absolute atomic E-state index is 12.3. The van der Waals surface area contributed by atoms with Gasteiger partial charge in [-0.3, -0.25) is 9.69 Å². The van der Waals surface area contributed by atoms with Crippen LogP contribution in [0.4, 0.5) is 0 Å². The molecule has 3 rings (SSSR count). The maximum atomic E-state index is 12.3. The fraction of sp³-hybridized carbons (Fsp3) is 0.409. The Morgan fingerprint density at radius 2 is 1.68 bits per heavy atom. The van der Waals surface area contributed by atoms with Gasteiger partial charge in [0, 0.05) is 11.6 Å². The van der Waals surface area contributed by atoms with Gasteiger partial charge >= 0.3 is 0 Å². The molecule has 1 aliphatic rings. The highest BCUT2D eigenvalue weighted by Crippen LogP contribution is 2.26. The Morgan fingerprint density at radius 1 is 1.04 bits per heavy atom. The van der Waals surface area contributed by atoms with Gasteiger partial charge in [-0.15, -0.1) is 0 Å².